The van der Waals surface area contributed by atoms with Crippen molar-refractivity contribution < 1.29 is 13.2 Å². The summed E-state index contributed by atoms with van der Waals surface area (Å²) in [5.74, 6) is 0.984. The van der Waals surface area contributed by atoms with Crippen molar-refractivity contribution in [2.45, 2.75) is 11.6 Å². The highest BCUT2D eigenvalue weighted by Crippen LogP contribution is 2.22. The fourth-order valence-electron chi connectivity index (χ4n) is 2.03. The molecule has 0 fully saturated rings. The van der Waals surface area contributed by atoms with Gasteiger partial charge in [-0.25, -0.2) is 23.1 Å². The van der Waals surface area contributed by atoms with Crippen LogP contribution in [0.25, 0.3) is 0 Å². The van der Waals surface area contributed by atoms with Gasteiger partial charge in [0.15, 0.2) is 5.03 Å². The molecular weight excluding hydrogens is 328 g/mol. The van der Waals surface area contributed by atoms with Crippen LogP contribution in [-0.2, 0) is 23.6 Å². The monoisotopic (exact) mass is 344 g/mol. The summed E-state index contributed by atoms with van der Waals surface area (Å²) < 4.78 is 34.3. The number of benzene rings is 1. The Bertz CT molecular complexity index is 923. The number of ether oxygens (including phenoxy) is 1. The smallest absolute Gasteiger partial charge is 0.259 e. The Morgan fingerprint density at radius 3 is 2.62 bits per heavy atom. The van der Waals surface area contributed by atoms with Crippen LogP contribution in [0.15, 0.2) is 66.2 Å². The van der Waals surface area contributed by atoms with Gasteiger partial charge in [-0.05, 0) is 18.2 Å². The second-order valence-electron chi connectivity index (χ2n) is 5.08. The van der Waals surface area contributed by atoms with Gasteiger partial charge in [-0.3, -0.25) is 0 Å². The van der Waals surface area contributed by atoms with E-state index in [1.807, 2.05) is 18.2 Å². The molecule has 3 aromatic rings. The maximum Gasteiger partial charge on any atom is 0.259 e. The van der Waals surface area contributed by atoms with E-state index in [0.717, 1.165) is 0 Å². The largest absolute Gasteiger partial charge is 0.439 e. The number of hydrogen-bond acceptors (Lipinski definition) is 5. The second-order valence-corrected chi connectivity index (χ2v) is 6.80. The molecule has 0 spiro atoms. The topological polar surface area (TPSA) is 86.1 Å². The fraction of sp³-hybridized carbons (Fsp3) is 0.125. The molecule has 1 aromatic carbocycles. The summed E-state index contributed by atoms with van der Waals surface area (Å²) in [5, 5.41) is -0.0283. The molecule has 0 bridgehead atoms. The lowest BCUT2D eigenvalue weighted by molar-refractivity contribution is 0.455. The maximum atomic E-state index is 12.2. The van der Waals surface area contributed by atoms with E-state index >= 15 is 0 Å². The number of hydrogen-bond donors (Lipinski definition) is 1. The minimum absolute atomic E-state index is 0.0283. The first-order chi connectivity index (χ1) is 11.5. The van der Waals surface area contributed by atoms with Crippen LogP contribution in [0.4, 0.5) is 0 Å². The molecule has 2 aromatic heterocycles. The molecule has 8 heteroatoms. The molecule has 24 heavy (non-hydrogen) atoms. The van der Waals surface area contributed by atoms with Gasteiger partial charge >= 0.3 is 0 Å². The molecule has 0 unspecified atom stereocenters. The third-order valence-corrected chi connectivity index (χ3v) is 4.50. The van der Waals surface area contributed by atoms with Crippen LogP contribution >= 0.6 is 0 Å². The van der Waals surface area contributed by atoms with Gasteiger partial charge in [-0.2, -0.15) is 0 Å². The van der Waals surface area contributed by atoms with Gasteiger partial charge in [0, 0.05) is 31.5 Å². The summed E-state index contributed by atoms with van der Waals surface area (Å²) in [6.45, 7) is 0.0505. The lowest BCUT2D eigenvalue weighted by Gasteiger charge is -2.10. The maximum absolute atomic E-state index is 12.2. The van der Waals surface area contributed by atoms with Gasteiger partial charge in [0.25, 0.3) is 10.0 Å². The Hall–Kier alpha value is -2.71. The highest BCUT2D eigenvalue weighted by Gasteiger charge is 2.18. The van der Waals surface area contributed by atoms with Crippen LogP contribution in [0.3, 0.4) is 0 Å². The van der Waals surface area contributed by atoms with Gasteiger partial charge in [-0.15, -0.1) is 0 Å². The molecule has 0 aliphatic rings. The number of pyridine rings is 1. The summed E-state index contributed by atoms with van der Waals surface area (Å²) >= 11 is 0. The average Bonchev–Trinajstić information content (AvgIpc) is 3.03. The predicted molar refractivity (Wildman–Crippen MR) is 88.0 cm³/mol. The lowest BCUT2D eigenvalue weighted by atomic mass is 10.3. The van der Waals surface area contributed by atoms with Crippen molar-refractivity contribution >= 4 is 10.0 Å². The number of nitrogens with one attached hydrogen (secondary N) is 1. The summed E-state index contributed by atoms with van der Waals surface area (Å²) in [4.78, 5) is 8.03. The Kier molecular flexibility index (Phi) is 4.59. The molecule has 1 N–H and O–H groups in total. The Morgan fingerprint density at radius 1 is 1.12 bits per heavy atom. The average molecular weight is 344 g/mol. The normalized spacial score (nSPS) is 11.4. The molecule has 2 heterocycles. The first kappa shape index (κ1) is 16.2. The molecule has 0 aliphatic heterocycles. The minimum Gasteiger partial charge on any atom is -0.439 e. The van der Waals surface area contributed by atoms with E-state index in [9.17, 15) is 8.42 Å². The van der Waals surface area contributed by atoms with Crippen molar-refractivity contribution in [3.05, 3.63) is 66.7 Å². The van der Waals surface area contributed by atoms with Crippen LogP contribution in [0.2, 0.25) is 0 Å². The van der Waals surface area contributed by atoms with E-state index in [4.69, 9.17) is 4.74 Å². The molecule has 7 nitrogen and oxygen atoms in total. The molecule has 0 radical (unpaired) electrons. The number of para-hydroxylation sites is 1. The SMILES string of the molecule is Cn1cnc(S(=O)(=O)NCc2cccnc2Oc2ccccc2)c1. The van der Waals surface area contributed by atoms with Crippen LogP contribution in [0, 0.1) is 0 Å². The molecule has 0 saturated carbocycles. The molecule has 0 saturated heterocycles. The second kappa shape index (κ2) is 6.81. The van der Waals surface area contributed by atoms with E-state index in [0.29, 0.717) is 17.2 Å². The Morgan fingerprint density at radius 2 is 1.92 bits per heavy atom. The first-order valence-corrected chi connectivity index (χ1v) is 8.67. The van der Waals surface area contributed by atoms with Crippen molar-refractivity contribution in [1.29, 1.82) is 0 Å². The number of aromatic nitrogens is 3. The van der Waals surface area contributed by atoms with E-state index in [1.54, 1.807) is 42.1 Å². The minimum atomic E-state index is -3.69. The Labute approximate surface area is 140 Å². The molecule has 3 rings (SSSR count). The highest BCUT2D eigenvalue weighted by atomic mass is 32.2. The zero-order valence-electron chi connectivity index (χ0n) is 13.0. The van der Waals surface area contributed by atoms with Gasteiger partial charge in [-0.1, -0.05) is 24.3 Å². The number of sulfonamides is 1. The number of aryl methyl sites for hydroxylation is 1. The summed E-state index contributed by atoms with van der Waals surface area (Å²) in [7, 11) is -1.99. The van der Waals surface area contributed by atoms with Crippen molar-refractivity contribution in [2.24, 2.45) is 7.05 Å². The van der Waals surface area contributed by atoms with Crippen LogP contribution in [-0.4, -0.2) is 23.0 Å². The number of rotatable bonds is 6. The standard InChI is InChI=1S/C16H16N4O3S/c1-20-11-15(18-12-20)24(21,22)19-10-13-6-5-9-17-16(13)23-14-7-3-2-4-8-14/h2-9,11-12,19H,10H2,1H3. The first-order valence-electron chi connectivity index (χ1n) is 7.19. The number of nitrogens with zero attached hydrogens (tertiary/aromatic N) is 3. The summed E-state index contributed by atoms with van der Waals surface area (Å²) in [6, 6.07) is 12.7. The highest BCUT2D eigenvalue weighted by molar-refractivity contribution is 7.89. The van der Waals surface area contributed by atoms with Gasteiger partial charge in [0.1, 0.15) is 5.75 Å². The fourth-order valence-corrected chi connectivity index (χ4v) is 3.01. The molecule has 0 aliphatic carbocycles. The van der Waals surface area contributed by atoms with Crippen molar-refractivity contribution in [1.82, 2.24) is 19.3 Å². The molecule has 0 atom stereocenters. The summed E-state index contributed by atoms with van der Waals surface area (Å²) in [5.41, 5.74) is 0.626. The predicted octanol–water partition coefficient (Wildman–Crippen LogP) is 2.09. The third kappa shape index (κ3) is 3.79. The van der Waals surface area contributed by atoms with E-state index in [-0.39, 0.29) is 11.6 Å². The molecule has 124 valence electrons. The van der Waals surface area contributed by atoms with Crippen LogP contribution < -0.4 is 9.46 Å². The van der Waals surface area contributed by atoms with Crippen molar-refractivity contribution in [3.63, 3.8) is 0 Å². The van der Waals surface area contributed by atoms with E-state index in [2.05, 4.69) is 14.7 Å². The zero-order valence-corrected chi connectivity index (χ0v) is 13.8. The lowest BCUT2D eigenvalue weighted by Crippen LogP contribution is -2.24. The van der Waals surface area contributed by atoms with Gasteiger partial charge in [0.2, 0.25) is 5.88 Å². The zero-order chi connectivity index (χ0) is 17.0. The van der Waals surface area contributed by atoms with Crippen molar-refractivity contribution in [3.8, 4) is 11.6 Å². The van der Waals surface area contributed by atoms with Crippen LogP contribution in [0.1, 0.15) is 5.56 Å². The third-order valence-electron chi connectivity index (χ3n) is 3.22. The van der Waals surface area contributed by atoms with Crippen LogP contribution in [0.5, 0.6) is 11.6 Å². The molecule has 0 amide bonds. The van der Waals surface area contributed by atoms with E-state index < -0.39 is 10.0 Å². The summed E-state index contributed by atoms with van der Waals surface area (Å²) in [6.07, 6.45) is 4.46. The molecular formula is C16H16N4O3S. The van der Waals surface area contributed by atoms with Gasteiger partial charge < -0.3 is 9.30 Å². The Balaban J connectivity index is 1.76. The number of imidazole rings is 1. The quantitative estimate of drug-likeness (QED) is 0.740. The van der Waals surface area contributed by atoms with Crippen molar-refractivity contribution in [2.75, 3.05) is 0 Å². The van der Waals surface area contributed by atoms with E-state index in [1.165, 1.54) is 12.5 Å². The van der Waals surface area contributed by atoms with Gasteiger partial charge in [0.05, 0.1) is 6.33 Å².